The number of Topliss-reactive ketones (excluding diaryl/α,β-unsaturated/α-hetero) is 1. The predicted octanol–water partition coefficient (Wildman–Crippen LogP) is 0.332. The number of carbonyl (C=O) groups excluding carboxylic acids is 1. The highest BCUT2D eigenvalue weighted by molar-refractivity contribution is 6.03. The molecule has 1 rings (SSSR count). The maximum absolute atomic E-state index is 10.8. The Morgan fingerprint density at radius 2 is 2.36 bits per heavy atom. The number of ketones is 1. The summed E-state index contributed by atoms with van der Waals surface area (Å²) in [5.74, 6) is -1.77. The van der Waals surface area contributed by atoms with Crippen LogP contribution in [0.15, 0.2) is 17.0 Å². The fourth-order valence-electron chi connectivity index (χ4n) is 0.578. The third-order valence-electron chi connectivity index (χ3n) is 1.02. The van der Waals surface area contributed by atoms with E-state index in [-0.39, 0.29) is 5.76 Å². The molecule has 5 nitrogen and oxygen atoms in total. The summed E-state index contributed by atoms with van der Waals surface area (Å²) < 4.78 is 4.57. The van der Waals surface area contributed by atoms with Crippen LogP contribution in [0, 0.1) is 0 Å². The molecule has 0 radical (unpaired) electrons. The van der Waals surface area contributed by atoms with Crippen molar-refractivity contribution in [3.63, 3.8) is 0 Å². The Bertz CT molecular complexity index is 264. The molecule has 1 aromatic rings. The number of oxazole rings is 1. The van der Waals surface area contributed by atoms with E-state index in [2.05, 4.69) is 9.40 Å². The van der Waals surface area contributed by atoms with Crippen molar-refractivity contribution in [3.05, 3.63) is 18.4 Å². The molecule has 11 heavy (non-hydrogen) atoms. The Morgan fingerprint density at radius 3 is 2.82 bits per heavy atom. The van der Waals surface area contributed by atoms with Crippen molar-refractivity contribution in [2.45, 2.75) is 6.42 Å². The van der Waals surface area contributed by atoms with Crippen LogP contribution in [0.2, 0.25) is 0 Å². The van der Waals surface area contributed by atoms with Crippen LogP contribution in [0.3, 0.4) is 0 Å². The molecule has 0 bridgehead atoms. The standard InChI is InChI=1S/C6H5NO4/c8-4(1-6(9)10)5-2-7-3-11-5/h2-3H,1H2,(H,9,10). The molecule has 0 amide bonds. The minimum atomic E-state index is -1.17. The number of hydrogen-bond acceptors (Lipinski definition) is 4. The van der Waals surface area contributed by atoms with Crippen molar-refractivity contribution in [1.29, 1.82) is 0 Å². The SMILES string of the molecule is O=C(O)CC(=O)c1cnco1. The first-order valence-electron chi connectivity index (χ1n) is 2.83. The zero-order valence-corrected chi connectivity index (χ0v) is 5.48. The monoisotopic (exact) mass is 155 g/mol. The lowest BCUT2D eigenvalue weighted by Crippen LogP contribution is -2.05. The molecule has 0 saturated carbocycles. The molecule has 0 unspecified atom stereocenters. The van der Waals surface area contributed by atoms with E-state index in [4.69, 9.17) is 5.11 Å². The highest BCUT2D eigenvalue weighted by Crippen LogP contribution is 2.00. The van der Waals surface area contributed by atoms with Gasteiger partial charge in [0.25, 0.3) is 0 Å². The molecule has 0 saturated heterocycles. The normalized spacial score (nSPS) is 9.45. The first-order chi connectivity index (χ1) is 5.20. The van der Waals surface area contributed by atoms with Crippen LogP contribution < -0.4 is 0 Å². The number of rotatable bonds is 3. The van der Waals surface area contributed by atoms with Gasteiger partial charge in [0, 0.05) is 0 Å². The lowest BCUT2D eigenvalue weighted by molar-refractivity contribution is -0.135. The highest BCUT2D eigenvalue weighted by Gasteiger charge is 2.12. The maximum atomic E-state index is 10.8. The summed E-state index contributed by atoms with van der Waals surface area (Å²) in [5.41, 5.74) is 0. The fraction of sp³-hybridized carbons (Fsp3) is 0.167. The second-order valence-corrected chi connectivity index (χ2v) is 1.86. The van der Waals surface area contributed by atoms with Gasteiger partial charge in [0.05, 0.1) is 6.20 Å². The average molecular weight is 155 g/mol. The van der Waals surface area contributed by atoms with Gasteiger partial charge >= 0.3 is 5.97 Å². The smallest absolute Gasteiger partial charge is 0.311 e. The molecule has 1 N–H and O–H groups in total. The summed E-state index contributed by atoms with van der Waals surface area (Å²) >= 11 is 0. The summed E-state index contributed by atoms with van der Waals surface area (Å²) in [4.78, 5) is 24.3. The number of aromatic nitrogens is 1. The van der Waals surface area contributed by atoms with Crippen molar-refractivity contribution in [2.75, 3.05) is 0 Å². The molecule has 0 atom stereocenters. The average Bonchev–Trinajstić information content (AvgIpc) is 2.35. The molecule has 0 aromatic carbocycles. The van der Waals surface area contributed by atoms with Gasteiger partial charge in [-0.1, -0.05) is 0 Å². The molecular weight excluding hydrogens is 150 g/mol. The third kappa shape index (κ3) is 1.89. The Hall–Kier alpha value is -1.65. The lowest BCUT2D eigenvalue weighted by Gasteiger charge is -1.88. The van der Waals surface area contributed by atoms with Gasteiger partial charge in [0.1, 0.15) is 6.42 Å². The van der Waals surface area contributed by atoms with Gasteiger partial charge in [-0.3, -0.25) is 9.59 Å². The molecule has 1 heterocycles. The van der Waals surface area contributed by atoms with Crippen molar-refractivity contribution in [3.8, 4) is 0 Å². The van der Waals surface area contributed by atoms with Gasteiger partial charge in [-0.2, -0.15) is 0 Å². The molecule has 0 fully saturated rings. The number of carbonyl (C=O) groups is 2. The number of carboxylic acids is 1. The van der Waals surface area contributed by atoms with Crippen LogP contribution in [0.1, 0.15) is 17.0 Å². The lowest BCUT2D eigenvalue weighted by atomic mass is 10.2. The second kappa shape index (κ2) is 2.96. The number of nitrogens with zero attached hydrogens (tertiary/aromatic N) is 1. The Kier molecular flexibility index (Phi) is 2.00. The van der Waals surface area contributed by atoms with E-state index in [1.165, 1.54) is 6.20 Å². The van der Waals surface area contributed by atoms with Crippen LogP contribution in [0.25, 0.3) is 0 Å². The Morgan fingerprint density at radius 1 is 1.64 bits per heavy atom. The van der Waals surface area contributed by atoms with Crippen LogP contribution in [-0.4, -0.2) is 21.8 Å². The first-order valence-corrected chi connectivity index (χ1v) is 2.83. The van der Waals surface area contributed by atoms with E-state index in [1.807, 2.05) is 0 Å². The zero-order chi connectivity index (χ0) is 8.27. The quantitative estimate of drug-likeness (QED) is 0.502. The van der Waals surface area contributed by atoms with Crippen LogP contribution >= 0.6 is 0 Å². The zero-order valence-electron chi connectivity index (χ0n) is 5.48. The van der Waals surface area contributed by atoms with E-state index >= 15 is 0 Å². The summed E-state index contributed by atoms with van der Waals surface area (Å²) in [6, 6.07) is 0. The van der Waals surface area contributed by atoms with Gasteiger partial charge in [0.15, 0.2) is 12.2 Å². The van der Waals surface area contributed by atoms with Gasteiger partial charge < -0.3 is 9.52 Å². The minimum Gasteiger partial charge on any atom is -0.481 e. The van der Waals surface area contributed by atoms with Crippen LogP contribution in [0.5, 0.6) is 0 Å². The van der Waals surface area contributed by atoms with Gasteiger partial charge in [-0.15, -0.1) is 0 Å². The van der Waals surface area contributed by atoms with E-state index < -0.39 is 18.2 Å². The van der Waals surface area contributed by atoms with Gasteiger partial charge in [-0.05, 0) is 0 Å². The number of hydrogen-bond donors (Lipinski definition) is 1. The van der Waals surface area contributed by atoms with E-state index in [1.54, 1.807) is 0 Å². The van der Waals surface area contributed by atoms with Crippen molar-refractivity contribution in [1.82, 2.24) is 4.98 Å². The number of carboxylic acid groups (broad SMARTS) is 1. The molecule has 0 aliphatic rings. The predicted molar refractivity (Wildman–Crippen MR) is 33.1 cm³/mol. The van der Waals surface area contributed by atoms with Crippen molar-refractivity contribution < 1.29 is 19.1 Å². The second-order valence-electron chi connectivity index (χ2n) is 1.86. The van der Waals surface area contributed by atoms with Gasteiger partial charge in [-0.25, -0.2) is 4.98 Å². The molecular formula is C6H5NO4. The molecule has 1 aromatic heterocycles. The minimum absolute atomic E-state index is 0.0209. The van der Waals surface area contributed by atoms with E-state index in [9.17, 15) is 9.59 Å². The highest BCUT2D eigenvalue weighted by atomic mass is 16.4. The summed E-state index contributed by atoms with van der Waals surface area (Å²) in [5, 5.41) is 8.20. The van der Waals surface area contributed by atoms with Crippen LogP contribution in [0.4, 0.5) is 0 Å². The van der Waals surface area contributed by atoms with E-state index in [0.29, 0.717) is 0 Å². The van der Waals surface area contributed by atoms with E-state index in [0.717, 1.165) is 6.39 Å². The maximum Gasteiger partial charge on any atom is 0.311 e. The summed E-state index contributed by atoms with van der Waals surface area (Å²) in [6.45, 7) is 0. The Balaban J connectivity index is 2.64. The summed E-state index contributed by atoms with van der Waals surface area (Å²) in [7, 11) is 0. The first kappa shape index (κ1) is 7.46. The summed E-state index contributed by atoms with van der Waals surface area (Å²) in [6.07, 6.45) is 1.70. The van der Waals surface area contributed by atoms with Crippen molar-refractivity contribution >= 4 is 11.8 Å². The largest absolute Gasteiger partial charge is 0.481 e. The van der Waals surface area contributed by atoms with Gasteiger partial charge in [0.2, 0.25) is 5.78 Å². The molecule has 58 valence electrons. The molecule has 5 heteroatoms. The fourth-order valence-corrected chi connectivity index (χ4v) is 0.578. The molecule has 0 aliphatic heterocycles. The third-order valence-corrected chi connectivity index (χ3v) is 1.02. The number of aliphatic carboxylic acids is 1. The van der Waals surface area contributed by atoms with Crippen LogP contribution in [-0.2, 0) is 4.79 Å². The van der Waals surface area contributed by atoms with Crippen molar-refractivity contribution in [2.24, 2.45) is 0 Å². The molecule has 0 spiro atoms. The molecule has 0 aliphatic carbocycles. The topological polar surface area (TPSA) is 80.4 Å². The Labute approximate surface area is 61.7 Å².